The van der Waals surface area contributed by atoms with E-state index in [9.17, 15) is 22.8 Å². The van der Waals surface area contributed by atoms with Crippen LogP contribution in [-0.4, -0.2) is 71.2 Å². The number of benzene rings is 1. The van der Waals surface area contributed by atoms with Gasteiger partial charge in [0.05, 0.1) is 12.0 Å². The molecule has 1 aromatic carbocycles. The normalized spacial score (nSPS) is 17.6. The van der Waals surface area contributed by atoms with Crippen molar-refractivity contribution in [1.82, 2.24) is 25.4 Å². The fraction of sp³-hybridized carbons (Fsp3) is 0.500. The van der Waals surface area contributed by atoms with Crippen LogP contribution in [0.1, 0.15) is 22.5 Å². The highest BCUT2D eigenvalue weighted by Gasteiger charge is 2.32. The van der Waals surface area contributed by atoms with E-state index in [1.165, 1.54) is 12.1 Å². The van der Waals surface area contributed by atoms with E-state index in [0.717, 1.165) is 12.1 Å². The van der Waals surface area contributed by atoms with E-state index in [1.807, 2.05) is 11.9 Å². The van der Waals surface area contributed by atoms with E-state index < -0.39 is 17.8 Å². The van der Waals surface area contributed by atoms with Crippen molar-refractivity contribution in [2.24, 2.45) is 0 Å². The Kier molecular flexibility index (Phi) is 6.94. The van der Waals surface area contributed by atoms with E-state index in [4.69, 9.17) is 0 Å². The first kappa shape index (κ1) is 22.7. The smallest absolute Gasteiger partial charge is 0.354 e. The van der Waals surface area contributed by atoms with Crippen LogP contribution < -0.4 is 5.32 Å². The van der Waals surface area contributed by atoms with Crippen molar-refractivity contribution in [2.45, 2.75) is 32.0 Å². The molecule has 2 amide bonds. The Hall–Kier alpha value is -2.95. The van der Waals surface area contributed by atoms with Gasteiger partial charge in [0.1, 0.15) is 17.4 Å². The lowest BCUT2D eigenvalue weighted by Gasteiger charge is -2.38. The highest BCUT2D eigenvalue weighted by Crippen LogP contribution is 2.29. The molecule has 8 nitrogen and oxygen atoms in total. The molecule has 0 bridgehead atoms. The van der Waals surface area contributed by atoms with Crippen molar-refractivity contribution in [2.75, 3.05) is 33.2 Å². The summed E-state index contributed by atoms with van der Waals surface area (Å²) < 4.78 is 42.5. The molecular weight excluding hydrogens is 415 g/mol. The third-order valence-corrected chi connectivity index (χ3v) is 5.36. The van der Waals surface area contributed by atoms with Crippen LogP contribution in [0.25, 0.3) is 0 Å². The van der Waals surface area contributed by atoms with Gasteiger partial charge in [-0.2, -0.15) is 13.2 Å². The number of alkyl halides is 3. The Balaban J connectivity index is 1.50. The molecule has 1 aliphatic heterocycles. The van der Waals surface area contributed by atoms with Crippen molar-refractivity contribution in [3.8, 4) is 0 Å². The van der Waals surface area contributed by atoms with Crippen molar-refractivity contribution in [3.05, 3.63) is 46.8 Å². The van der Waals surface area contributed by atoms with Gasteiger partial charge in [0.15, 0.2) is 0 Å². The van der Waals surface area contributed by atoms with Crippen molar-refractivity contribution < 1.29 is 27.4 Å². The number of aromatic nitrogens is 2. The van der Waals surface area contributed by atoms with Gasteiger partial charge in [-0.25, -0.2) is 4.63 Å². The van der Waals surface area contributed by atoms with E-state index in [-0.39, 0.29) is 31.3 Å². The molecule has 2 aromatic rings. The number of carbonyl (C=O) groups excluding carboxylic acids is 2. The molecule has 1 fully saturated rings. The number of hydrogen-bond donors (Lipinski definition) is 1. The summed E-state index contributed by atoms with van der Waals surface area (Å²) in [5.41, 5.74) is 1.02. The van der Waals surface area contributed by atoms with Gasteiger partial charge in [0, 0.05) is 26.2 Å². The lowest BCUT2D eigenvalue weighted by molar-refractivity contribution is -0.138. The standard InChI is InChI=1S/C20H24F3N5O3/c1-13-16(26-31-25-13)11-18(29)28-10-9-27(2)17(12-28)19(30)24-8-7-14-3-5-15(6-4-14)20(21,22)23/h3-6,17H,7-12H2,1-2H3,(H,24,30)/t17-/m0/s1. The lowest BCUT2D eigenvalue weighted by Crippen LogP contribution is -2.59. The highest BCUT2D eigenvalue weighted by atomic mass is 19.4. The zero-order valence-corrected chi connectivity index (χ0v) is 17.3. The summed E-state index contributed by atoms with van der Waals surface area (Å²) in [7, 11) is 1.81. The number of piperazine rings is 1. The first-order valence-corrected chi connectivity index (χ1v) is 9.85. The summed E-state index contributed by atoms with van der Waals surface area (Å²) >= 11 is 0. The first-order chi connectivity index (χ1) is 14.6. The molecular formula is C20H24F3N5O3. The van der Waals surface area contributed by atoms with Crippen molar-refractivity contribution in [1.29, 1.82) is 0 Å². The summed E-state index contributed by atoms with van der Waals surface area (Å²) in [6.07, 6.45) is -3.91. The van der Waals surface area contributed by atoms with Crippen LogP contribution >= 0.6 is 0 Å². The predicted octanol–water partition coefficient (Wildman–Crippen LogP) is 1.44. The monoisotopic (exact) mass is 439 g/mol. The average molecular weight is 439 g/mol. The third kappa shape index (κ3) is 5.81. The molecule has 0 aliphatic carbocycles. The zero-order chi connectivity index (χ0) is 22.6. The first-order valence-electron chi connectivity index (χ1n) is 9.85. The molecule has 168 valence electrons. The van der Waals surface area contributed by atoms with E-state index in [1.54, 1.807) is 11.8 Å². The fourth-order valence-electron chi connectivity index (χ4n) is 3.36. The highest BCUT2D eigenvalue weighted by molar-refractivity contribution is 5.84. The Morgan fingerprint density at radius 2 is 1.90 bits per heavy atom. The van der Waals surface area contributed by atoms with Crippen LogP contribution in [0, 0.1) is 6.92 Å². The number of halogens is 3. The van der Waals surface area contributed by atoms with Gasteiger partial charge in [-0.05, 0) is 38.1 Å². The van der Waals surface area contributed by atoms with Gasteiger partial charge in [-0.1, -0.05) is 22.4 Å². The zero-order valence-electron chi connectivity index (χ0n) is 17.3. The molecule has 31 heavy (non-hydrogen) atoms. The summed E-state index contributed by atoms with van der Waals surface area (Å²) in [4.78, 5) is 28.7. The molecule has 0 spiro atoms. The number of rotatable bonds is 6. The SMILES string of the molecule is Cc1nonc1CC(=O)N1CCN(C)[C@H](C(=O)NCCc2ccc(C(F)(F)F)cc2)C1. The number of nitrogens with one attached hydrogen (secondary N) is 1. The summed E-state index contributed by atoms with van der Waals surface area (Å²) in [5, 5.41) is 10.2. The van der Waals surface area contributed by atoms with Crippen LogP contribution in [0.5, 0.6) is 0 Å². The molecule has 0 saturated carbocycles. The number of carbonyl (C=O) groups is 2. The van der Waals surface area contributed by atoms with Crippen LogP contribution in [0.15, 0.2) is 28.9 Å². The largest absolute Gasteiger partial charge is 0.416 e. The molecule has 1 atom stereocenters. The predicted molar refractivity (Wildman–Crippen MR) is 104 cm³/mol. The average Bonchev–Trinajstić information content (AvgIpc) is 3.12. The van der Waals surface area contributed by atoms with Crippen LogP contribution in [-0.2, 0) is 28.6 Å². The summed E-state index contributed by atoms with van der Waals surface area (Å²) in [6, 6.07) is 4.36. The molecule has 0 unspecified atom stereocenters. The lowest BCUT2D eigenvalue weighted by atomic mass is 10.1. The Bertz CT molecular complexity index is 914. The molecule has 1 aromatic heterocycles. The minimum Gasteiger partial charge on any atom is -0.354 e. The van der Waals surface area contributed by atoms with Crippen molar-refractivity contribution in [3.63, 3.8) is 0 Å². The Morgan fingerprint density at radius 1 is 1.19 bits per heavy atom. The fourth-order valence-corrected chi connectivity index (χ4v) is 3.36. The molecule has 2 heterocycles. The van der Waals surface area contributed by atoms with Crippen LogP contribution in [0.2, 0.25) is 0 Å². The number of aryl methyl sites for hydroxylation is 1. The van der Waals surface area contributed by atoms with Crippen molar-refractivity contribution >= 4 is 11.8 Å². The van der Waals surface area contributed by atoms with E-state index >= 15 is 0 Å². The molecule has 0 radical (unpaired) electrons. The van der Waals surface area contributed by atoms with E-state index in [2.05, 4.69) is 20.3 Å². The maximum Gasteiger partial charge on any atom is 0.416 e. The maximum absolute atomic E-state index is 12.6. The minimum atomic E-state index is -4.37. The summed E-state index contributed by atoms with van der Waals surface area (Å²) in [5.74, 6) is -0.388. The maximum atomic E-state index is 12.6. The van der Waals surface area contributed by atoms with Gasteiger partial charge in [-0.15, -0.1) is 0 Å². The Morgan fingerprint density at radius 3 is 2.52 bits per heavy atom. The second-order valence-corrected chi connectivity index (χ2v) is 7.54. The van der Waals surface area contributed by atoms with Gasteiger partial charge in [0.25, 0.3) is 0 Å². The summed E-state index contributed by atoms with van der Waals surface area (Å²) in [6.45, 7) is 3.27. The Labute approximate surface area is 177 Å². The number of hydrogen-bond acceptors (Lipinski definition) is 6. The van der Waals surface area contributed by atoms with Crippen LogP contribution in [0.4, 0.5) is 13.2 Å². The second-order valence-electron chi connectivity index (χ2n) is 7.54. The van der Waals surface area contributed by atoms with Gasteiger partial charge >= 0.3 is 6.18 Å². The number of amides is 2. The van der Waals surface area contributed by atoms with Crippen LogP contribution in [0.3, 0.4) is 0 Å². The molecule has 11 heteroatoms. The molecule has 1 N–H and O–H groups in total. The van der Waals surface area contributed by atoms with Gasteiger partial charge < -0.3 is 10.2 Å². The number of nitrogens with zero attached hydrogens (tertiary/aromatic N) is 4. The van der Waals surface area contributed by atoms with Gasteiger partial charge in [0.2, 0.25) is 11.8 Å². The second kappa shape index (κ2) is 9.46. The molecule has 1 aliphatic rings. The molecule has 3 rings (SSSR count). The van der Waals surface area contributed by atoms with Gasteiger partial charge in [-0.3, -0.25) is 14.5 Å². The van der Waals surface area contributed by atoms with E-state index in [0.29, 0.717) is 36.5 Å². The number of likely N-dealkylation sites (N-methyl/N-ethyl adjacent to an activating group) is 1. The molecule has 1 saturated heterocycles. The third-order valence-electron chi connectivity index (χ3n) is 5.36. The minimum absolute atomic E-state index is 0.0569. The quantitative estimate of drug-likeness (QED) is 0.733. The topological polar surface area (TPSA) is 91.6 Å².